The Morgan fingerprint density at radius 3 is 2.06 bits per heavy atom. The molecule has 94 valence electrons. The Morgan fingerprint density at radius 1 is 0.944 bits per heavy atom. The van der Waals surface area contributed by atoms with Crippen LogP contribution in [-0.2, 0) is 8.87 Å². The van der Waals surface area contributed by atoms with Gasteiger partial charge in [-0.3, -0.25) is 0 Å². The summed E-state index contributed by atoms with van der Waals surface area (Å²) in [7, 11) is -2.83. The summed E-state index contributed by atoms with van der Waals surface area (Å²) in [5.41, 5.74) is 0. The average Bonchev–Trinajstić information content (AvgIpc) is 2.32. The summed E-state index contributed by atoms with van der Waals surface area (Å²) in [6.07, 6.45) is 0. The fraction of sp³-hybridized carbons (Fsp3) is 0. The van der Waals surface area contributed by atoms with Gasteiger partial charge in [-0.25, -0.2) is 12.8 Å². The molecule has 0 saturated heterocycles. The molecule has 0 atom stereocenters. The van der Waals surface area contributed by atoms with Gasteiger partial charge in [0.05, 0.1) is 4.90 Å². The second-order valence-corrected chi connectivity index (χ2v) is 7.72. The van der Waals surface area contributed by atoms with Crippen LogP contribution >= 0.6 is 22.4 Å². The molecule has 0 aliphatic rings. The van der Waals surface area contributed by atoms with Crippen molar-refractivity contribution in [1.29, 1.82) is 0 Å². The highest BCUT2D eigenvalue weighted by Crippen LogP contribution is 2.31. The fourth-order valence-corrected chi connectivity index (χ4v) is 4.17. The third-order valence-electron chi connectivity index (χ3n) is 2.12. The van der Waals surface area contributed by atoms with Gasteiger partial charge in [0.25, 0.3) is 0 Å². The second kappa shape index (κ2) is 5.30. The van der Waals surface area contributed by atoms with Gasteiger partial charge in [0.15, 0.2) is 0 Å². The van der Waals surface area contributed by atoms with E-state index in [9.17, 15) is 12.8 Å². The van der Waals surface area contributed by atoms with E-state index in [-0.39, 0.29) is 4.90 Å². The van der Waals surface area contributed by atoms with E-state index < -0.39 is 14.7 Å². The Bertz CT molecular complexity index is 637. The number of hydrogen-bond acceptors (Lipinski definition) is 3. The van der Waals surface area contributed by atoms with E-state index in [2.05, 4.69) is 0 Å². The van der Waals surface area contributed by atoms with Crippen molar-refractivity contribution in [1.82, 2.24) is 0 Å². The maximum absolute atomic E-state index is 12.7. The van der Waals surface area contributed by atoms with Crippen LogP contribution < -0.4 is 0 Å². The first-order chi connectivity index (χ1) is 8.47. The molecule has 2 nitrogen and oxygen atoms in total. The van der Waals surface area contributed by atoms with E-state index in [1.165, 1.54) is 12.1 Å². The van der Waals surface area contributed by atoms with Crippen LogP contribution in [0.5, 0.6) is 0 Å². The van der Waals surface area contributed by atoms with Crippen molar-refractivity contribution >= 4 is 31.3 Å². The van der Waals surface area contributed by atoms with Crippen molar-refractivity contribution in [3.8, 4) is 0 Å². The molecule has 0 aromatic heterocycles. The summed E-state index contributed by atoms with van der Waals surface area (Å²) < 4.78 is 36.7. The highest BCUT2D eigenvalue weighted by atomic mass is 35.5. The molecule has 0 radical (unpaired) electrons. The highest BCUT2D eigenvalue weighted by Gasteiger charge is 2.16. The minimum atomic E-state index is -3.54. The van der Waals surface area contributed by atoms with Crippen molar-refractivity contribution in [2.24, 2.45) is 0 Å². The van der Waals surface area contributed by atoms with Crippen molar-refractivity contribution in [2.45, 2.75) is 9.79 Å². The molecule has 0 unspecified atom stereocenters. The topological polar surface area (TPSA) is 34.1 Å². The van der Waals surface area contributed by atoms with Crippen LogP contribution in [-0.4, -0.2) is 8.42 Å². The van der Waals surface area contributed by atoms with Crippen LogP contribution in [0.3, 0.4) is 0 Å². The molecule has 0 amide bonds. The predicted octanol–water partition coefficient (Wildman–Crippen LogP) is 3.96. The number of rotatable bonds is 3. The molecular formula is C12H8ClFO2S2. The van der Waals surface area contributed by atoms with Gasteiger partial charge >= 0.3 is 0 Å². The Morgan fingerprint density at radius 2 is 1.50 bits per heavy atom. The molecule has 6 heteroatoms. The van der Waals surface area contributed by atoms with Crippen LogP contribution in [0.15, 0.2) is 58.3 Å². The van der Waals surface area contributed by atoms with E-state index in [1.54, 1.807) is 24.3 Å². The molecule has 2 rings (SSSR count). The maximum atomic E-state index is 12.7. The molecule has 0 spiro atoms. The number of benzene rings is 2. The second-order valence-electron chi connectivity index (χ2n) is 3.45. The quantitative estimate of drug-likeness (QED) is 0.805. The van der Waals surface area contributed by atoms with Gasteiger partial charge in [-0.1, -0.05) is 11.6 Å². The van der Waals surface area contributed by atoms with E-state index in [1.807, 2.05) is 0 Å². The SMILES string of the molecule is O=S(=O)(Sc1ccc(Cl)cc1)c1ccc(F)cc1. The third-order valence-corrected chi connectivity index (χ3v) is 5.72. The van der Waals surface area contributed by atoms with Crippen LogP contribution in [0.4, 0.5) is 4.39 Å². The molecular weight excluding hydrogens is 295 g/mol. The number of hydrogen-bond donors (Lipinski definition) is 0. The van der Waals surface area contributed by atoms with Crippen LogP contribution in [0.2, 0.25) is 5.02 Å². The third kappa shape index (κ3) is 3.25. The van der Waals surface area contributed by atoms with Gasteiger partial charge < -0.3 is 0 Å². The molecule has 0 N–H and O–H groups in total. The molecule has 0 saturated carbocycles. The first-order valence-corrected chi connectivity index (χ1v) is 8.12. The smallest absolute Gasteiger partial charge is 0.212 e. The zero-order valence-electron chi connectivity index (χ0n) is 9.01. The van der Waals surface area contributed by atoms with Crippen molar-refractivity contribution in [3.05, 3.63) is 59.4 Å². The molecule has 2 aromatic rings. The van der Waals surface area contributed by atoms with Gasteiger partial charge in [-0.15, -0.1) is 0 Å². The highest BCUT2D eigenvalue weighted by molar-refractivity contribution is 8.72. The largest absolute Gasteiger partial charge is 0.234 e. The maximum Gasteiger partial charge on any atom is 0.234 e. The fourth-order valence-electron chi connectivity index (χ4n) is 1.27. The summed E-state index contributed by atoms with van der Waals surface area (Å²) in [5.74, 6) is -0.467. The minimum Gasteiger partial charge on any atom is -0.212 e. The van der Waals surface area contributed by atoms with Gasteiger partial charge in [-0.05, 0) is 48.5 Å². The molecule has 0 fully saturated rings. The van der Waals surface area contributed by atoms with E-state index in [0.717, 1.165) is 12.1 Å². The summed E-state index contributed by atoms with van der Waals surface area (Å²) in [5, 5.41) is 0.540. The molecule has 0 aliphatic heterocycles. The normalized spacial score (nSPS) is 11.4. The Kier molecular flexibility index (Phi) is 3.94. The molecule has 0 bridgehead atoms. The first kappa shape index (κ1) is 13.4. The van der Waals surface area contributed by atoms with Gasteiger partial charge in [-0.2, -0.15) is 0 Å². The average molecular weight is 303 g/mol. The van der Waals surface area contributed by atoms with Crippen LogP contribution in [0, 0.1) is 5.82 Å². The zero-order chi connectivity index (χ0) is 13.2. The van der Waals surface area contributed by atoms with Gasteiger partial charge in [0.2, 0.25) is 8.87 Å². The Hall–Kier alpha value is -1.04. The van der Waals surface area contributed by atoms with Crippen LogP contribution in [0.1, 0.15) is 0 Å². The number of halogens is 2. The van der Waals surface area contributed by atoms with Crippen molar-refractivity contribution in [2.75, 3.05) is 0 Å². The van der Waals surface area contributed by atoms with Crippen molar-refractivity contribution in [3.63, 3.8) is 0 Å². The molecule has 0 heterocycles. The standard InChI is InChI=1S/C12H8ClFO2S2/c13-9-1-5-11(6-2-9)17-18(15,16)12-7-3-10(14)4-8-12/h1-8H. The summed E-state index contributed by atoms with van der Waals surface area (Å²) in [6.45, 7) is 0. The van der Waals surface area contributed by atoms with Crippen molar-refractivity contribution < 1.29 is 12.8 Å². The molecule has 0 aliphatic carbocycles. The first-order valence-electron chi connectivity index (χ1n) is 4.93. The van der Waals surface area contributed by atoms with Gasteiger partial charge in [0.1, 0.15) is 5.82 Å². The monoisotopic (exact) mass is 302 g/mol. The molecule has 2 aromatic carbocycles. The lowest BCUT2D eigenvalue weighted by Crippen LogP contribution is -1.95. The van der Waals surface area contributed by atoms with Gasteiger partial charge in [0, 0.05) is 20.7 Å². The summed E-state index contributed by atoms with van der Waals surface area (Å²) >= 11 is 5.72. The molecule has 18 heavy (non-hydrogen) atoms. The minimum absolute atomic E-state index is 0.0730. The zero-order valence-corrected chi connectivity index (χ0v) is 11.4. The summed E-state index contributed by atoms with van der Waals surface area (Å²) in [6, 6.07) is 11.2. The van der Waals surface area contributed by atoms with E-state index in [0.29, 0.717) is 20.7 Å². The van der Waals surface area contributed by atoms with E-state index in [4.69, 9.17) is 11.6 Å². The van der Waals surface area contributed by atoms with E-state index >= 15 is 0 Å². The lowest BCUT2D eigenvalue weighted by atomic mass is 10.4. The Balaban J connectivity index is 2.27. The lowest BCUT2D eigenvalue weighted by molar-refractivity contribution is 0.608. The summed E-state index contributed by atoms with van der Waals surface area (Å²) in [4.78, 5) is 0.632. The Labute approximate surface area is 113 Å². The van der Waals surface area contributed by atoms with Crippen LogP contribution in [0.25, 0.3) is 0 Å². The lowest BCUT2D eigenvalue weighted by Gasteiger charge is -2.03. The predicted molar refractivity (Wildman–Crippen MR) is 70.9 cm³/mol.